The summed E-state index contributed by atoms with van der Waals surface area (Å²) in [6.07, 6.45) is 0. The Balaban J connectivity index is 1.70. The first-order valence-corrected chi connectivity index (χ1v) is 8.79. The lowest BCUT2D eigenvalue weighted by atomic mass is 10.1. The number of benzene rings is 1. The van der Waals surface area contributed by atoms with Crippen LogP contribution in [0, 0.1) is 0 Å². The van der Waals surface area contributed by atoms with Crippen molar-refractivity contribution < 1.29 is 19.1 Å². The topological polar surface area (TPSA) is 79.0 Å². The molecule has 3 amide bonds. The number of carbonyl (C=O) groups is 3. The Labute approximate surface area is 156 Å². The Kier molecular flexibility index (Phi) is 5.70. The fourth-order valence-corrected chi connectivity index (χ4v) is 3.28. The van der Waals surface area contributed by atoms with Gasteiger partial charge < -0.3 is 10.1 Å². The van der Waals surface area contributed by atoms with E-state index in [4.69, 9.17) is 16.3 Å². The van der Waals surface area contributed by atoms with E-state index in [-0.39, 0.29) is 22.4 Å². The molecule has 1 aromatic carbocycles. The number of nitrogens with zero attached hydrogens (tertiary/aromatic N) is 2. The van der Waals surface area contributed by atoms with E-state index < -0.39 is 5.91 Å². The van der Waals surface area contributed by atoms with Crippen LogP contribution in [0.5, 0.6) is 0 Å². The van der Waals surface area contributed by atoms with Crippen LogP contribution in [0.15, 0.2) is 29.3 Å². The van der Waals surface area contributed by atoms with Crippen LogP contribution in [0.2, 0.25) is 0 Å². The second-order valence-corrected chi connectivity index (χ2v) is 6.54. The zero-order valence-electron chi connectivity index (χ0n) is 14.5. The van der Waals surface area contributed by atoms with Gasteiger partial charge in [-0.3, -0.25) is 24.2 Å². The van der Waals surface area contributed by atoms with Gasteiger partial charge in [0.15, 0.2) is 0 Å². The first-order chi connectivity index (χ1) is 12.5. The molecule has 1 fully saturated rings. The Hall–Kier alpha value is -2.22. The number of ether oxygens (including phenoxy) is 1. The van der Waals surface area contributed by atoms with Crippen LogP contribution in [-0.4, -0.2) is 66.9 Å². The van der Waals surface area contributed by atoms with Crippen molar-refractivity contribution in [3.05, 3.63) is 34.9 Å². The SMILES string of the molecule is CC(=O)Nc1ccc(C2=C(Cl)C(=O)N(CCN3CCOCC3)C2=O)cc1. The first kappa shape index (κ1) is 18.6. The molecule has 2 aliphatic rings. The van der Waals surface area contributed by atoms with Gasteiger partial charge in [0, 0.05) is 38.8 Å². The average Bonchev–Trinajstić information content (AvgIpc) is 2.84. The number of amides is 3. The summed E-state index contributed by atoms with van der Waals surface area (Å²) in [5.41, 5.74) is 1.36. The van der Waals surface area contributed by atoms with Gasteiger partial charge in [-0.2, -0.15) is 0 Å². The monoisotopic (exact) mass is 377 g/mol. The first-order valence-electron chi connectivity index (χ1n) is 8.41. The zero-order valence-corrected chi connectivity index (χ0v) is 15.2. The molecule has 0 unspecified atom stereocenters. The van der Waals surface area contributed by atoms with E-state index in [1.807, 2.05) is 0 Å². The van der Waals surface area contributed by atoms with Gasteiger partial charge in [-0.25, -0.2) is 0 Å². The Morgan fingerprint density at radius 2 is 1.77 bits per heavy atom. The number of imide groups is 1. The van der Waals surface area contributed by atoms with Crippen LogP contribution < -0.4 is 5.32 Å². The van der Waals surface area contributed by atoms with Gasteiger partial charge in [-0.15, -0.1) is 0 Å². The van der Waals surface area contributed by atoms with Crippen molar-refractivity contribution in [1.29, 1.82) is 0 Å². The van der Waals surface area contributed by atoms with Crippen molar-refractivity contribution in [1.82, 2.24) is 9.80 Å². The largest absolute Gasteiger partial charge is 0.379 e. The quantitative estimate of drug-likeness (QED) is 0.782. The van der Waals surface area contributed by atoms with Crippen LogP contribution in [0.3, 0.4) is 0 Å². The lowest BCUT2D eigenvalue weighted by Crippen LogP contribution is -2.43. The van der Waals surface area contributed by atoms with Gasteiger partial charge in [-0.05, 0) is 17.7 Å². The number of hydrogen-bond donors (Lipinski definition) is 1. The number of halogens is 1. The molecule has 8 heteroatoms. The third-order valence-electron chi connectivity index (χ3n) is 4.35. The van der Waals surface area contributed by atoms with Crippen LogP contribution in [0.1, 0.15) is 12.5 Å². The number of carbonyl (C=O) groups excluding carboxylic acids is 3. The molecule has 0 radical (unpaired) electrons. The molecule has 26 heavy (non-hydrogen) atoms. The molecule has 0 spiro atoms. The summed E-state index contributed by atoms with van der Waals surface area (Å²) in [6.45, 7) is 5.20. The molecular weight excluding hydrogens is 358 g/mol. The van der Waals surface area contributed by atoms with Crippen molar-refractivity contribution in [2.24, 2.45) is 0 Å². The highest BCUT2D eigenvalue weighted by atomic mass is 35.5. The molecule has 0 aliphatic carbocycles. The van der Waals surface area contributed by atoms with Gasteiger partial charge in [-0.1, -0.05) is 23.7 Å². The zero-order chi connectivity index (χ0) is 18.7. The Bertz CT molecular complexity index is 754. The van der Waals surface area contributed by atoms with Crippen molar-refractivity contribution in [3.8, 4) is 0 Å². The predicted octanol–water partition coefficient (Wildman–Crippen LogP) is 1.30. The van der Waals surface area contributed by atoms with Crippen molar-refractivity contribution in [3.63, 3.8) is 0 Å². The summed E-state index contributed by atoms with van der Waals surface area (Å²) in [7, 11) is 0. The summed E-state index contributed by atoms with van der Waals surface area (Å²) in [6, 6.07) is 6.67. The number of nitrogens with one attached hydrogen (secondary N) is 1. The highest BCUT2D eigenvalue weighted by Gasteiger charge is 2.38. The van der Waals surface area contributed by atoms with Gasteiger partial charge in [0.1, 0.15) is 5.03 Å². The van der Waals surface area contributed by atoms with Gasteiger partial charge in [0.05, 0.1) is 18.8 Å². The van der Waals surface area contributed by atoms with E-state index in [1.54, 1.807) is 24.3 Å². The van der Waals surface area contributed by atoms with E-state index in [0.29, 0.717) is 37.6 Å². The normalized spacial score (nSPS) is 18.6. The second-order valence-electron chi connectivity index (χ2n) is 6.16. The van der Waals surface area contributed by atoms with E-state index >= 15 is 0 Å². The minimum absolute atomic E-state index is 0.0655. The van der Waals surface area contributed by atoms with Gasteiger partial charge >= 0.3 is 0 Å². The summed E-state index contributed by atoms with van der Waals surface area (Å²) < 4.78 is 5.29. The summed E-state index contributed by atoms with van der Waals surface area (Å²) in [4.78, 5) is 39.5. The summed E-state index contributed by atoms with van der Waals surface area (Å²) in [5.74, 6) is -1.04. The lowest BCUT2D eigenvalue weighted by Gasteiger charge is -2.28. The van der Waals surface area contributed by atoms with Crippen LogP contribution in [0.25, 0.3) is 5.57 Å². The molecule has 138 valence electrons. The molecule has 0 saturated carbocycles. The van der Waals surface area contributed by atoms with Gasteiger partial charge in [0.2, 0.25) is 5.91 Å². The van der Waals surface area contributed by atoms with Gasteiger partial charge in [0.25, 0.3) is 11.8 Å². The van der Waals surface area contributed by atoms with E-state index in [2.05, 4.69) is 10.2 Å². The maximum atomic E-state index is 12.7. The number of hydrogen-bond acceptors (Lipinski definition) is 5. The Morgan fingerprint density at radius 1 is 1.12 bits per heavy atom. The minimum Gasteiger partial charge on any atom is -0.379 e. The molecule has 7 nitrogen and oxygen atoms in total. The number of morpholine rings is 1. The van der Waals surface area contributed by atoms with E-state index in [0.717, 1.165) is 13.1 Å². The summed E-state index contributed by atoms with van der Waals surface area (Å²) in [5, 5.41) is 2.59. The average molecular weight is 378 g/mol. The standard InChI is InChI=1S/C18H20ClN3O4/c1-12(23)20-14-4-2-13(3-5-14)15-16(19)18(25)22(17(15)24)7-6-21-8-10-26-11-9-21/h2-5H,6-11H2,1H3,(H,20,23). The van der Waals surface area contributed by atoms with Crippen molar-refractivity contribution >= 4 is 40.6 Å². The predicted molar refractivity (Wildman–Crippen MR) is 97.5 cm³/mol. The molecule has 1 aromatic rings. The van der Waals surface area contributed by atoms with Crippen LogP contribution >= 0.6 is 11.6 Å². The number of rotatable bonds is 5. The fraction of sp³-hybridized carbons (Fsp3) is 0.389. The third kappa shape index (κ3) is 3.95. The molecular formula is C18H20ClN3O4. The molecule has 2 aliphatic heterocycles. The maximum absolute atomic E-state index is 12.7. The molecule has 1 N–H and O–H groups in total. The van der Waals surface area contributed by atoms with Crippen molar-refractivity contribution in [2.75, 3.05) is 44.7 Å². The lowest BCUT2D eigenvalue weighted by molar-refractivity contribution is -0.137. The molecule has 3 rings (SSSR count). The molecule has 1 saturated heterocycles. The molecule has 0 bridgehead atoms. The van der Waals surface area contributed by atoms with Crippen molar-refractivity contribution in [2.45, 2.75) is 6.92 Å². The second kappa shape index (κ2) is 7.99. The smallest absolute Gasteiger partial charge is 0.273 e. The maximum Gasteiger partial charge on any atom is 0.273 e. The highest BCUT2D eigenvalue weighted by Crippen LogP contribution is 2.32. The number of anilines is 1. The molecule has 2 heterocycles. The fourth-order valence-electron chi connectivity index (χ4n) is 2.99. The van der Waals surface area contributed by atoms with E-state index in [9.17, 15) is 14.4 Å². The highest BCUT2D eigenvalue weighted by molar-refractivity contribution is 6.55. The summed E-state index contributed by atoms with van der Waals surface area (Å²) >= 11 is 6.16. The van der Waals surface area contributed by atoms with Crippen LogP contribution in [-0.2, 0) is 19.1 Å². The molecule has 0 atom stereocenters. The molecule has 0 aromatic heterocycles. The van der Waals surface area contributed by atoms with E-state index in [1.165, 1.54) is 11.8 Å². The van der Waals surface area contributed by atoms with Crippen LogP contribution in [0.4, 0.5) is 5.69 Å². The Morgan fingerprint density at radius 3 is 2.38 bits per heavy atom. The minimum atomic E-state index is -0.467. The third-order valence-corrected chi connectivity index (χ3v) is 4.70.